The van der Waals surface area contributed by atoms with E-state index in [1.165, 1.54) is 0 Å². The first-order chi connectivity index (χ1) is 12.2. The van der Waals surface area contributed by atoms with Gasteiger partial charge in [0.25, 0.3) is 0 Å². The van der Waals surface area contributed by atoms with Crippen LogP contribution in [0.3, 0.4) is 0 Å². The number of nitrogens with zero attached hydrogens (tertiary/aromatic N) is 5. The second kappa shape index (κ2) is 6.27. The van der Waals surface area contributed by atoms with Crippen LogP contribution in [0, 0.1) is 12.8 Å². The largest absolute Gasteiger partial charge is 0.312 e. The van der Waals surface area contributed by atoms with Crippen molar-refractivity contribution in [1.82, 2.24) is 19.8 Å². The predicted octanol–water partition coefficient (Wildman–Crippen LogP) is 3.25. The molecule has 0 spiro atoms. The van der Waals surface area contributed by atoms with Crippen molar-refractivity contribution in [2.75, 3.05) is 11.4 Å². The highest BCUT2D eigenvalue weighted by Crippen LogP contribution is 2.31. The van der Waals surface area contributed by atoms with Crippen molar-refractivity contribution in [3.8, 4) is 11.3 Å². The number of carbonyl (C=O) groups excluding carboxylic acids is 1. The van der Waals surface area contributed by atoms with Crippen LogP contribution in [0.2, 0.25) is 0 Å². The van der Waals surface area contributed by atoms with E-state index in [1.54, 1.807) is 4.52 Å². The van der Waals surface area contributed by atoms with Crippen molar-refractivity contribution >= 4 is 17.2 Å². The summed E-state index contributed by atoms with van der Waals surface area (Å²) in [5.41, 5.74) is 3.48. The summed E-state index contributed by atoms with van der Waals surface area (Å²) in [6.45, 7) is 4.58. The molecule has 1 amide bonds. The van der Waals surface area contributed by atoms with Gasteiger partial charge in [-0.05, 0) is 51.0 Å². The Kier molecular flexibility index (Phi) is 3.95. The lowest BCUT2D eigenvalue weighted by Crippen LogP contribution is -2.38. The fourth-order valence-electron chi connectivity index (χ4n) is 3.22. The Balaban J connectivity index is 1.69. The van der Waals surface area contributed by atoms with Crippen LogP contribution in [-0.2, 0) is 4.79 Å². The molecule has 2 aromatic heterocycles. The highest BCUT2D eigenvalue weighted by atomic mass is 16.2. The van der Waals surface area contributed by atoms with Gasteiger partial charge < -0.3 is 4.90 Å². The fourth-order valence-corrected chi connectivity index (χ4v) is 3.22. The molecule has 0 unspecified atom stereocenters. The molecule has 0 aliphatic heterocycles. The molecule has 4 rings (SSSR count). The van der Waals surface area contributed by atoms with Crippen LogP contribution in [0.15, 0.2) is 36.4 Å². The number of aryl methyl sites for hydroxylation is 1. The standard InChI is InChI=1S/C19H21N5O/c1-3-23(19(25)14-6-4-7-14)16-9-5-8-15(12-16)17-10-11-18-21-20-13(2)24(18)22-17/h5,8-12,14H,3-4,6-7H2,1-2H3. The molecule has 3 aromatic rings. The molecule has 1 aromatic carbocycles. The van der Waals surface area contributed by atoms with Gasteiger partial charge in [0.2, 0.25) is 5.91 Å². The number of aromatic nitrogens is 4. The third-order valence-electron chi connectivity index (χ3n) is 4.91. The van der Waals surface area contributed by atoms with Gasteiger partial charge in [-0.2, -0.15) is 9.61 Å². The molecule has 1 aliphatic carbocycles. The molecule has 0 atom stereocenters. The van der Waals surface area contributed by atoms with Gasteiger partial charge in [-0.3, -0.25) is 4.79 Å². The molecule has 6 heteroatoms. The Labute approximate surface area is 146 Å². The van der Waals surface area contributed by atoms with Crippen molar-refractivity contribution in [2.24, 2.45) is 5.92 Å². The van der Waals surface area contributed by atoms with Crippen LogP contribution in [0.25, 0.3) is 16.9 Å². The summed E-state index contributed by atoms with van der Waals surface area (Å²) in [7, 11) is 0. The molecule has 1 saturated carbocycles. The van der Waals surface area contributed by atoms with Crippen molar-refractivity contribution in [1.29, 1.82) is 0 Å². The van der Waals surface area contributed by atoms with E-state index in [2.05, 4.69) is 15.3 Å². The summed E-state index contributed by atoms with van der Waals surface area (Å²) in [5.74, 6) is 1.19. The summed E-state index contributed by atoms with van der Waals surface area (Å²) < 4.78 is 1.74. The molecule has 6 nitrogen and oxygen atoms in total. The van der Waals surface area contributed by atoms with Gasteiger partial charge in [0.15, 0.2) is 11.5 Å². The Hall–Kier alpha value is -2.76. The predicted molar refractivity (Wildman–Crippen MR) is 96.3 cm³/mol. The maximum atomic E-state index is 12.7. The van der Waals surface area contributed by atoms with E-state index in [-0.39, 0.29) is 11.8 Å². The van der Waals surface area contributed by atoms with Crippen LogP contribution in [0.1, 0.15) is 32.0 Å². The zero-order valence-corrected chi connectivity index (χ0v) is 14.5. The van der Waals surface area contributed by atoms with Crippen LogP contribution in [-0.4, -0.2) is 32.3 Å². The van der Waals surface area contributed by atoms with Crippen molar-refractivity contribution in [3.63, 3.8) is 0 Å². The summed E-state index contributed by atoms with van der Waals surface area (Å²) in [4.78, 5) is 14.6. The molecule has 0 saturated heterocycles. The zero-order chi connectivity index (χ0) is 17.4. The van der Waals surface area contributed by atoms with Gasteiger partial charge >= 0.3 is 0 Å². The molecule has 2 heterocycles. The van der Waals surface area contributed by atoms with Crippen molar-refractivity contribution < 1.29 is 4.79 Å². The first-order valence-corrected chi connectivity index (χ1v) is 8.78. The molecule has 25 heavy (non-hydrogen) atoms. The number of amides is 1. The Bertz CT molecular complexity index is 928. The topological polar surface area (TPSA) is 63.4 Å². The third kappa shape index (κ3) is 2.77. The van der Waals surface area contributed by atoms with E-state index < -0.39 is 0 Å². The van der Waals surface area contributed by atoms with Crippen LogP contribution in [0.4, 0.5) is 5.69 Å². The molecule has 0 radical (unpaired) electrons. The molecule has 1 fully saturated rings. The minimum Gasteiger partial charge on any atom is -0.312 e. The maximum absolute atomic E-state index is 12.7. The number of hydrogen-bond donors (Lipinski definition) is 0. The molecule has 128 valence electrons. The fraction of sp³-hybridized carbons (Fsp3) is 0.368. The monoisotopic (exact) mass is 335 g/mol. The number of fused-ring (bicyclic) bond motifs is 1. The minimum atomic E-state index is 0.192. The molecular weight excluding hydrogens is 314 g/mol. The van der Waals surface area contributed by atoms with E-state index in [4.69, 9.17) is 0 Å². The Morgan fingerprint density at radius 2 is 2.08 bits per heavy atom. The van der Waals surface area contributed by atoms with Gasteiger partial charge in [-0.1, -0.05) is 18.6 Å². The first-order valence-electron chi connectivity index (χ1n) is 8.78. The average Bonchev–Trinajstić information content (AvgIpc) is 2.95. The highest BCUT2D eigenvalue weighted by molar-refractivity contribution is 5.96. The number of benzene rings is 1. The van der Waals surface area contributed by atoms with E-state index >= 15 is 0 Å². The Morgan fingerprint density at radius 3 is 2.80 bits per heavy atom. The minimum absolute atomic E-state index is 0.192. The van der Waals surface area contributed by atoms with E-state index in [9.17, 15) is 4.79 Å². The van der Waals surface area contributed by atoms with Gasteiger partial charge in [-0.15, -0.1) is 10.2 Å². The van der Waals surface area contributed by atoms with Gasteiger partial charge in [0, 0.05) is 23.7 Å². The molecule has 0 bridgehead atoms. The second-order valence-corrected chi connectivity index (χ2v) is 6.50. The normalized spacial score (nSPS) is 14.5. The molecule has 0 N–H and O–H groups in total. The highest BCUT2D eigenvalue weighted by Gasteiger charge is 2.29. The van der Waals surface area contributed by atoms with Gasteiger partial charge in [-0.25, -0.2) is 0 Å². The number of rotatable bonds is 4. The summed E-state index contributed by atoms with van der Waals surface area (Å²) in [6.07, 6.45) is 3.19. The maximum Gasteiger partial charge on any atom is 0.230 e. The van der Waals surface area contributed by atoms with Crippen molar-refractivity contribution in [3.05, 3.63) is 42.2 Å². The summed E-state index contributed by atoms with van der Waals surface area (Å²) in [5, 5.41) is 12.7. The van der Waals surface area contributed by atoms with Gasteiger partial charge in [0.1, 0.15) is 0 Å². The number of hydrogen-bond acceptors (Lipinski definition) is 4. The van der Waals surface area contributed by atoms with E-state index in [0.29, 0.717) is 6.54 Å². The number of carbonyl (C=O) groups is 1. The third-order valence-corrected chi connectivity index (χ3v) is 4.91. The first kappa shape index (κ1) is 15.7. The Morgan fingerprint density at radius 1 is 1.24 bits per heavy atom. The van der Waals surface area contributed by atoms with E-state index in [1.807, 2.05) is 55.1 Å². The summed E-state index contributed by atoms with van der Waals surface area (Å²) >= 11 is 0. The van der Waals surface area contributed by atoms with E-state index in [0.717, 1.165) is 47.7 Å². The average molecular weight is 335 g/mol. The lowest BCUT2D eigenvalue weighted by molar-refractivity contribution is -0.124. The van der Waals surface area contributed by atoms with Crippen LogP contribution in [0.5, 0.6) is 0 Å². The lowest BCUT2D eigenvalue weighted by atomic mass is 9.84. The second-order valence-electron chi connectivity index (χ2n) is 6.50. The molecule has 1 aliphatic rings. The zero-order valence-electron chi connectivity index (χ0n) is 14.5. The SMILES string of the molecule is CCN(C(=O)C1CCC1)c1cccc(-c2ccc3nnc(C)n3n2)c1. The number of anilines is 1. The summed E-state index contributed by atoms with van der Waals surface area (Å²) in [6, 6.07) is 11.9. The van der Waals surface area contributed by atoms with Crippen LogP contribution >= 0.6 is 0 Å². The lowest BCUT2D eigenvalue weighted by Gasteiger charge is -2.31. The smallest absolute Gasteiger partial charge is 0.230 e. The quantitative estimate of drug-likeness (QED) is 0.734. The van der Waals surface area contributed by atoms with Crippen molar-refractivity contribution in [2.45, 2.75) is 33.1 Å². The van der Waals surface area contributed by atoms with Crippen LogP contribution < -0.4 is 4.90 Å². The van der Waals surface area contributed by atoms with Gasteiger partial charge in [0.05, 0.1) is 5.69 Å². The molecular formula is C19H21N5O.